The van der Waals surface area contributed by atoms with Gasteiger partial charge in [-0.3, -0.25) is 4.79 Å². The van der Waals surface area contributed by atoms with Crippen LogP contribution in [0, 0.1) is 0 Å². The van der Waals surface area contributed by atoms with E-state index in [-0.39, 0.29) is 11.1 Å². The van der Waals surface area contributed by atoms with E-state index >= 15 is 0 Å². The fraction of sp³-hybridized carbons (Fsp3) is 0.167. The molecule has 0 bridgehead atoms. The SMILES string of the molecule is CCc1ccc(-n2nnc3c(=O)[nH]cnc32)cc1. The molecule has 0 aliphatic rings. The van der Waals surface area contributed by atoms with Crippen molar-refractivity contribution in [2.24, 2.45) is 0 Å². The Morgan fingerprint density at radius 2 is 2.06 bits per heavy atom. The van der Waals surface area contributed by atoms with Crippen molar-refractivity contribution in [1.29, 1.82) is 0 Å². The van der Waals surface area contributed by atoms with Gasteiger partial charge in [-0.25, -0.2) is 4.98 Å². The minimum Gasteiger partial charge on any atom is -0.311 e. The molecule has 0 atom stereocenters. The number of fused-ring (bicyclic) bond motifs is 1. The monoisotopic (exact) mass is 241 g/mol. The molecule has 0 aliphatic heterocycles. The summed E-state index contributed by atoms with van der Waals surface area (Å²) in [6, 6.07) is 7.93. The predicted molar refractivity (Wildman–Crippen MR) is 66.7 cm³/mol. The van der Waals surface area contributed by atoms with Gasteiger partial charge in [-0.15, -0.1) is 5.10 Å². The maximum Gasteiger partial charge on any atom is 0.280 e. The van der Waals surface area contributed by atoms with E-state index < -0.39 is 0 Å². The molecule has 6 heteroatoms. The van der Waals surface area contributed by atoms with Crippen LogP contribution in [0.25, 0.3) is 16.9 Å². The molecule has 2 aromatic heterocycles. The van der Waals surface area contributed by atoms with Crippen molar-refractivity contribution in [3.63, 3.8) is 0 Å². The standard InChI is InChI=1S/C12H11N5O/c1-2-8-3-5-9(6-4-8)17-11-10(15-16-17)12(18)14-7-13-11/h3-7H,2H2,1H3,(H,13,14,18). The van der Waals surface area contributed by atoms with Crippen molar-refractivity contribution in [2.45, 2.75) is 13.3 Å². The topological polar surface area (TPSA) is 76.5 Å². The van der Waals surface area contributed by atoms with Gasteiger partial charge in [0.1, 0.15) is 0 Å². The van der Waals surface area contributed by atoms with Gasteiger partial charge in [-0.2, -0.15) is 4.68 Å². The van der Waals surface area contributed by atoms with E-state index in [1.165, 1.54) is 11.9 Å². The maximum absolute atomic E-state index is 11.5. The summed E-state index contributed by atoms with van der Waals surface area (Å²) in [4.78, 5) is 18.1. The number of aryl methyl sites for hydroxylation is 1. The molecular formula is C12H11N5O. The molecule has 0 fully saturated rings. The molecule has 18 heavy (non-hydrogen) atoms. The summed E-state index contributed by atoms with van der Waals surface area (Å²) >= 11 is 0. The van der Waals surface area contributed by atoms with Crippen molar-refractivity contribution in [1.82, 2.24) is 25.0 Å². The lowest BCUT2D eigenvalue weighted by atomic mass is 10.1. The number of aromatic amines is 1. The fourth-order valence-electron chi connectivity index (χ4n) is 1.81. The zero-order valence-electron chi connectivity index (χ0n) is 9.79. The Morgan fingerprint density at radius 1 is 1.28 bits per heavy atom. The highest BCUT2D eigenvalue weighted by atomic mass is 16.1. The van der Waals surface area contributed by atoms with Gasteiger partial charge in [0, 0.05) is 0 Å². The molecule has 0 radical (unpaired) electrons. The van der Waals surface area contributed by atoms with Crippen LogP contribution in [0.2, 0.25) is 0 Å². The molecule has 1 N–H and O–H groups in total. The summed E-state index contributed by atoms with van der Waals surface area (Å²) in [6.45, 7) is 2.10. The van der Waals surface area contributed by atoms with Crippen LogP contribution >= 0.6 is 0 Å². The van der Waals surface area contributed by atoms with Crippen LogP contribution in [0.3, 0.4) is 0 Å². The number of H-pyrrole nitrogens is 1. The molecule has 0 saturated heterocycles. The van der Waals surface area contributed by atoms with Crippen LogP contribution < -0.4 is 5.56 Å². The Hall–Kier alpha value is -2.50. The summed E-state index contributed by atoms with van der Waals surface area (Å²) in [5, 5.41) is 7.81. The van der Waals surface area contributed by atoms with Crippen molar-refractivity contribution in [2.75, 3.05) is 0 Å². The second kappa shape index (κ2) is 4.06. The third-order valence-corrected chi connectivity index (χ3v) is 2.83. The summed E-state index contributed by atoms with van der Waals surface area (Å²) in [6.07, 6.45) is 2.33. The summed E-state index contributed by atoms with van der Waals surface area (Å²) in [5.74, 6) is 0. The highest BCUT2D eigenvalue weighted by Crippen LogP contribution is 2.12. The van der Waals surface area contributed by atoms with Crippen molar-refractivity contribution < 1.29 is 0 Å². The van der Waals surface area contributed by atoms with Gasteiger partial charge in [0.25, 0.3) is 5.56 Å². The molecular weight excluding hydrogens is 230 g/mol. The van der Waals surface area contributed by atoms with E-state index in [0.29, 0.717) is 5.65 Å². The largest absolute Gasteiger partial charge is 0.311 e. The Bertz CT molecular complexity index is 741. The molecule has 0 aliphatic carbocycles. The highest BCUT2D eigenvalue weighted by Gasteiger charge is 2.10. The van der Waals surface area contributed by atoms with Crippen LogP contribution in [0.1, 0.15) is 12.5 Å². The Kier molecular flexibility index (Phi) is 2.40. The first-order chi connectivity index (χ1) is 8.79. The molecule has 1 aromatic carbocycles. The third kappa shape index (κ3) is 1.58. The van der Waals surface area contributed by atoms with Gasteiger partial charge >= 0.3 is 0 Å². The Balaban J connectivity index is 2.19. The number of benzene rings is 1. The van der Waals surface area contributed by atoms with Crippen LogP contribution in [0.15, 0.2) is 35.4 Å². The van der Waals surface area contributed by atoms with Crippen molar-refractivity contribution in [3.05, 3.63) is 46.5 Å². The van der Waals surface area contributed by atoms with E-state index in [2.05, 4.69) is 27.2 Å². The summed E-state index contributed by atoms with van der Waals surface area (Å²) < 4.78 is 1.56. The average molecular weight is 241 g/mol. The van der Waals surface area contributed by atoms with Crippen LogP contribution in [-0.2, 0) is 6.42 Å². The maximum atomic E-state index is 11.5. The molecule has 0 unspecified atom stereocenters. The molecule has 0 spiro atoms. The summed E-state index contributed by atoms with van der Waals surface area (Å²) in [7, 11) is 0. The normalized spacial score (nSPS) is 10.9. The van der Waals surface area contributed by atoms with E-state index in [1.807, 2.05) is 24.3 Å². The molecule has 0 amide bonds. The number of nitrogens with one attached hydrogen (secondary N) is 1. The smallest absolute Gasteiger partial charge is 0.280 e. The van der Waals surface area contributed by atoms with Crippen molar-refractivity contribution >= 4 is 11.2 Å². The van der Waals surface area contributed by atoms with Gasteiger partial charge < -0.3 is 4.98 Å². The predicted octanol–water partition coefficient (Wildman–Crippen LogP) is 1.07. The minimum atomic E-state index is -0.281. The van der Waals surface area contributed by atoms with Gasteiger partial charge in [0.15, 0.2) is 11.2 Å². The number of rotatable bonds is 2. The zero-order chi connectivity index (χ0) is 12.5. The lowest BCUT2D eigenvalue weighted by Gasteiger charge is -2.02. The van der Waals surface area contributed by atoms with Gasteiger partial charge in [-0.1, -0.05) is 24.3 Å². The average Bonchev–Trinajstić information content (AvgIpc) is 2.84. The minimum absolute atomic E-state index is 0.247. The van der Waals surface area contributed by atoms with Crippen LogP contribution in [0.5, 0.6) is 0 Å². The molecule has 0 saturated carbocycles. The number of hydrogen-bond donors (Lipinski definition) is 1. The molecule has 90 valence electrons. The number of aromatic nitrogens is 5. The lowest BCUT2D eigenvalue weighted by Crippen LogP contribution is -2.07. The molecule has 3 rings (SSSR count). The van der Waals surface area contributed by atoms with Crippen LogP contribution in [-0.4, -0.2) is 25.0 Å². The Morgan fingerprint density at radius 3 is 2.78 bits per heavy atom. The first-order valence-electron chi connectivity index (χ1n) is 5.68. The van der Waals surface area contributed by atoms with Crippen molar-refractivity contribution in [3.8, 4) is 5.69 Å². The second-order valence-corrected chi connectivity index (χ2v) is 3.93. The van der Waals surface area contributed by atoms with E-state index in [1.54, 1.807) is 4.68 Å². The number of nitrogens with zero attached hydrogens (tertiary/aromatic N) is 4. The molecule has 6 nitrogen and oxygen atoms in total. The van der Waals surface area contributed by atoms with Gasteiger partial charge in [0.2, 0.25) is 0 Å². The quantitative estimate of drug-likeness (QED) is 0.728. The second-order valence-electron chi connectivity index (χ2n) is 3.93. The summed E-state index contributed by atoms with van der Waals surface area (Å²) in [5.41, 5.74) is 2.51. The number of hydrogen-bond acceptors (Lipinski definition) is 4. The molecule has 2 heterocycles. The molecule has 3 aromatic rings. The van der Waals surface area contributed by atoms with Gasteiger partial charge in [0.05, 0.1) is 12.0 Å². The van der Waals surface area contributed by atoms with E-state index in [0.717, 1.165) is 12.1 Å². The van der Waals surface area contributed by atoms with Crippen LogP contribution in [0.4, 0.5) is 0 Å². The zero-order valence-corrected chi connectivity index (χ0v) is 9.79. The Labute approximate surface area is 102 Å². The fourth-order valence-corrected chi connectivity index (χ4v) is 1.81. The van der Waals surface area contributed by atoms with Gasteiger partial charge in [-0.05, 0) is 24.1 Å². The lowest BCUT2D eigenvalue weighted by molar-refractivity contribution is 0.816. The first-order valence-corrected chi connectivity index (χ1v) is 5.68. The highest BCUT2D eigenvalue weighted by molar-refractivity contribution is 5.69. The van der Waals surface area contributed by atoms with E-state index in [4.69, 9.17) is 0 Å². The first kappa shape index (κ1) is 10.6. The third-order valence-electron chi connectivity index (χ3n) is 2.83. The van der Waals surface area contributed by atoms with E-state index in [9.17, 15) is 4.79 Å².